The molecular formula is C27H34N2O9P+. The van der Waals surface area contributed by atoms with E-state index >= 15 is 0 Å². The SMILES string of the molecule is CC(C)C(=O)OCOC(=O)NC(C)[P+](=O)C(O)C(Cc1ccc(-c2ccccc2)cc1)C(=O)NC(C)C(=O)O. The van der Waals surface area contributed by atoms with Gasteiger partial charge in [-0.15, -0.1) is 0 Å². The highest BCUT2D eigenvalue weighted by Crippen LogP contribution is 2.37. The maximum atomic E-state index is 13.1. The first-order valence-corrected chi connectivity index (χ1v) is 13.7. The number of benzene rings is 2. The molecule has 2 aromatic carbocycles. The number of alkyl carbamates (subject to hydrolysis) is 1. The number of carbonyl (C=O) groups is 4. The summed E-state index contributed by atoms with van der Waals surface area (Å²) in [6.45, 7) is 5.19. The molecule has 210 valence electrons. The largest absolute Gasteiger partial charge is 0.480 e. The fourth-order valence-corrected chi connectivity index (χ4v) is 4.71. The van der Waals surface area contributed by atoms with Crippen molar-refractivity contribution in [2.45, 2.75) is 51.8 Å². The summed E-state index contributed by atoms with van der Waals surface area (Å²) in [7, 11) is -2.65. The van der Waals surface area contributed by atoms with Gasteiger partial charge in [-0.3, -0.25) is 19.7 Å². The number of esters is 1. The van der Waals surface area contributed by atoms with Crippen molar-refractivity contribution in [3.05, 3.63) is 60.2 Å². The molecule has 0 saturated heterocycles. The molecule has 0 heterocycles. The van der Waals surface area contributed by atoms with Crippen LogP contribution in [0.1, 0.15) is 33.3 Å². The molecule has 12 heteroatoms. The van der Waals surface area contributed by atoms with Crippen LogP contribution in [0, 0.1) is 11.8 Å². The molecule has 0 aliphatic rings. The van der Waals surface area contributed by atoms with Crippen molar-refractivity contribution < 1.29 is 43.4 Å². The third-order valence-electron chi connectivity index (χ3n) is 5.77. The van der Waals surface area contributed by atoms with Crippen molar-refractivity contribution in [2.24, 2.45) is 11.8 Å². The number of aliphatic hydroxyl groups is 1. The molecule has 0 aliphatic heterocycles. The Morgan fingerprint density at radius 2 is 1.46 bits per heavy atom. The highest BCUT2D eigenvalue weighted by atomic mass is 31.1. The predicted molar refractivity (Wildman–Crippen MR) is 143 cm³/mol. The summed E-state index contributed by atoms with van der Waals surface area (Å²) in [6, 6.07) is 15.6. The van der Waals surface area contributed by atoms with E-state index in [1.165, 1.54) is 13.8 Å². The van der Waals surface area contributed by atoms with Crippen LogP contribution in [0.25, 0.3) is 11.1 Å². The zero-order valence-corrected chi connectivity index (χ0v) is 23.1. The first-order valence-electron chi connectivity index (χ1n) is 12.3. The van der Waals surface area contributed by atoms with Gasteiger partial charge in [-0.2, -0.15) is 0 Å². The van der Waals surface area contributed by atoms with E-state index in [0.717, 1.165) is 11.1 Å². The minimum absolute atomic E-state index is 0.0438. The zero-order valence-electron chi connectivity index (χ0n) is 22.2. The van der Waals surface area contributed by atoms with Crippen molar-refractivity contribution in [3.8, 4) is 11.1 Å². The third kappa shape index (κ3) is 9.77. The number of amides is 2. The standard InChI is InChI=1S/C27H33N2O9P/c1-16(2)25(33)37-15-38-27(35)29-18(4)39(36)26(34)22(23(30)28-17(3)24(31)32)14-19-10-12-21(13-11-19)20-8-6-5-7-9-20/h5-13,16-18,22,26,34H,14-15H2,1-4H3,(H2-,28,29,30,31,32,35)/p+1. The van der Waals surface area contributed by atoms with Gasteiger partial charge in [0.1, 0.15) is 12.0 Å². The van der Waals surface area contributed by atoms with Crippen LogP contribution in [0.4, 0.5) is 4.79 Å². The molecule has 39 heavy (non-hydrogen) atoms. The molecule has 5 atom stereocenters. The van der Waals surface area contributed by atoms with Crippen LogP contribution in [-0.4, -0.2) is 58.6 Å². The summed E-state index contributed by atoms with van der Waals surface area (Å²) in [4.78, 5) is 47.7. The maximum Gasteiger partial charge on any atom is 0.413 e. The Hall–Kier alpha value is -3.82. The number of rotatable bonds is 13. The molecule has 0 spiro atoms. The summed E-state index contributed by atoms with van der Waals surface area (Å²) in [6.07, 6.45) is -1.08. The molecule has 0 saturated carbocycles. The smallest absolute Gasteiger partial charge is 0.413 e. The zero-order chi connectivity index (χ0) is 29.1. The van der Waals surface area contributed by atoms with Crippen LogP contribution in [-0.2, 0) is 34.8 Å². The van der Waals surface area contributed by atoms with Crippen molar-refractivity contribution in [1.82, 2.24) is 10.6 Å². The van der Waals surface area contributed by atoms with E-state index in [2.05, 4.69) is 10.6 Å². The molecule has 0 bridgehead atoms. The van der Waals surface area contributed by atoms with Crippen LogP contribution in [0.5, 0.6) is 0 Å². The number of hydrogen-bond donors (Lipinski definition) is 4. The van der Waals surface area contributed by atoms with Gasteiger partial charge in [-0.25, -0.2) is 4.79 Å². The van der Waals surface area contributed by atoms with Gasteiger partial charge < -0.3 is 25.0 Å². The van der Waals surface area contributed by atoms with E-state index < -0.39 is 68.0 Å². The second-order valence-corrected chi connectivity index (χ2v) is 11.2. The topological polar surface area (TPSA) is 168 Å². The molecule has 2 amide bonds. The van der Waals surface area contributed by atoms with Crippen molar-refractivity contribution in [3.63, 3.8) is 0 Å². The van der Waals surface area contributed by atoms with E-state index in [4.69, 9.17) is 9.47 Å². The minimum Gasteiger partial charge on any atom is -0.480 e. The van der Waals surface area contributed by atoms with Crippen LogP contribution < -0.4 is 10.6 Å². The lowest BCUT2D eigenvalue weighted by Gasteiger charge is -2.20. The number of carboxylic acids is 1. The monoisotopic (exact) mass is 561 g/mol. The molecule has 2 aromatic rings. The fraction of sp³-hybridized carbons (Fsp3) is 0.407. The number of ether oxygens (including phenoxy) is 2. The van der Waals surface area contributed by atoms with Gasteiger partial charge in [0.05, 0.1) is 5.92 Å². The third-order valence-corrected chi connectivity index (χ3v) is 7.55. The number of aliphatic hydroxyl groups excluding tert-OH is 1. The molecule has 0 aromatic heterocycles. The highest BCUT2D eigenvalue weighted by Gasteiger charge is 2.45. The van der Waals surface area contributed by atoms with Gasteiger partial charge >= 0.3 is 25.8 Å². The quantitative estimate of drug-likeness (QED) is 0.163. The molecule has 0 fully saturated rings. The molecular weight excluding hydrogens is 527 g/mol. The molecule has 11 nitrogen and oxygen atoms in total. The summed E-state index contributed by atoms with van der Waals surface area (Å²) in [5, 5.41) is 24.7. The van der Waals surface area contributed by atoms with E-state index in [1.807, 2.05) is 42.5 Å². The summed E-state index contributed by atoms with van der Waals surface area (Å²) < 4.78 is 22.6. The lowest BCUT2D eigenvalue weighted by atomic mass is 9.96. The lowest BCUT2D eigenvalue weighted by molar-refractivity contribution is -0.155. The van der Waals surface area contributed by atoms with Gasteiger partial charge in [0.2, 0.25) is 18.5 Å². The normalized spacial score (nSPS) is 14.4. The van der Waals surface area contributed by atoms with Gasteiger partial charge in [-0.1, -0.05) is 73.0 Å². The van der Waals surface area contributed by atoms with Crippen molar-refractivity contribution in [1.29, 1.82) is 0 Å². The van der Waals surface area contributed by atoms with Crippen molar-refractivity contribution >= 4 is 31.7 Å². The Kier molecular flexibility index (Phi) is 12.0. The number of hydrogen-bond acceptors (Lipinski definition) is 8. The van der Waals surface area contributed by atoms with Gasteiger partial charge in [-0.05, 0) is 30.0 Å². The Bertz CT molecular complexity index is 1160. The first-order chi connectivity index (χ1) is 18.4. The van der Waals surface area contributed by atoms with Crippen LogP contribution >= 0.6 is 7.80 Å². The second kappa shape index (κ2) is 14.9. The van der Waals surface area contributed by atoms with Crippen molar-refractivity contribution in [2.75, 3.05) is 6.79 Å². The molecule has 0 aliphatic carbocycles. The first kappa shape index (κ1) is 31.4. The van der Waals surface area contributed by atoms with E-state index in [0.29, 0.717) is 5.56 Å². The average Bonchev–Trinajstić information content (AvgIpc) is 2.91. The summed E-state index contributed by atoms with van der Waals surface area (Å²) >= 11 is 0. The maximum absolute atomic E-state index is 13.1. The summed E-state index contributed by atoms with van der Waals surface area (Å²) in [5.41, 5.74) is 2.57. The average molecular weight is 562 g/mol. The van der Waals surface area contributed by atoms with Crippen LogP contribution in [0.15, 0.2) is 54.6 Å². The second-order valence-electron chi connectivity index (χ2n) is 9.20. The Morgan fingerprint density at radius 3 is 2.03 bits per heavy atom. The molecule has 2 rings (SSSR count). The van der Waals surface area contributed by atoms with E-state index in [9.17, 15) is 34.0 Å². The molecule has 0 radical (unpaired) electrons. The number of carboxylic acid groups (broad SMARTS) is 1. The minimum atomic E-state index is -2.65. The fourth-order valence-electron chi connectivity index (χ4n) is 3.42. The number of carbonyl (C=O) groups excluding carboxylic acids is 3. The molecule has 5 unspecified atom stereocenters. The Morgan fingerprint density at radius 1 is 0.872 bits per heavy atom. The lowest BCUT2D eigenvalue weighted by Crippen LogP contribution is -2.45. The highest BCUT2D eigenvalue weighted by molar-refractivity contribution is 7.46. The molecule has 4 N–H and O–H groups in total. The van der Waals surface area contributed by atoms with Crippen LogP contribution in [0.3, 0.4) is 0 Å². The Labute approximate surface area is 227 Å². The summed E-state index contributed by atoms with van der Waals surface area (Å²) in [5.74, 6) is -7.21. The van der Waals surface area contributed by atoms with E-state index in [-0.39, 0.29) is 6.42 Å². The van der Waals surface area contributed by atoms with E-state index in [1.54, 1.807) is 26.0 Å². The predicted octanol–water partition coefficient (Wildman–Crippen LogP) is 3.48. The number of aliphatic carboxylic acids is 1. The number of nitrogens with one attached hydrogen (secondary N) is 2. The van der Waals surface area contributed by atoms with Gasteiger partial charge in [0.15, 0.2) is 0 Å². The van der Waals surface area contributed by atoms with Gasteiger partial charge in [0.25, 0.3) is 5.85 Å². The Balaban J connectivity index is 2.12. The van der Waals surface area contributed by atoms with Crippen LogP contribution in [0.2, 0.25) is 0 Å². The van der Waals surface area contributed by atoms with Gasteiger partial charge in [0, 0.05) is 6.92 Å².